The van der Waals surface area contributed by atoms with E-state index in [1.165, 1.54) is 12.8 Å². The van der Waals surface area contributed by atoms with Crippen LogP contribution in [0.2, 0.25) is 0 Å². The van der Waals surface area contributed by atoms with Gasteiger partial charge in [-0.25, -0.2) is 13.1 Å². The lowest BCUT2D eigenvalue weighted by molar-refractivity contribution is 0.460. The van der Waals surface area contributed by atoms with Crippen LogP contribution in [0.5, 0.6) is 0 Å². The molecule has 106 valence electrons. The average Bonchev–Trinajstić information content (AvgIpc) is 3.22. The van der Waals surface area contributed by atoms with E-state index in [0.29, 0.717) is 24.3 Å². The van der Waals surface area contributed by atoms with Crippen molar-refractivity contribution < 1.29 is 12.8 Å². The van der Waals surface area contributed by atoms with Crippen LogP contribution < -0.4 is 10.0 Å². The van der Waals surface area contributed by atoms with Crippen LogP contribution in [0.4, 0.5) is 0 Å². The van der Waals surface area contributed by atoms with Crippen molar-refractivity contribution in [3.8, 4) is 0 Å². The van der Waals surface area contributed by atoms with Crippen LogP contribution in [0.1, 0.15) is 31.9 Å². The minimum absolute atomic E-state index is 0.0693. The molecule has 7 heteroatoms. The van der Waals surface area contributed by atoms with Crippen LogP contribution >= 0.6 is 15.9 Å². The molecular weight excluding hydrogens is 332 g/mol. The zero-order valence-corrected chi connectivity index (χ0v) is 13.1. The molecule has 1 aromatic rings. The zero-order chi connectivity index (χ0) is 13.6. The summed E-state index contributed by atoms with van der Waals surface area (Å²) in [5.41, 5.74) is 0. The third-order valence-electron chi connectivity index (χ3n) is 3.55. The van der Waals surface area contributed by atoms with Crippen molar-refractivity contribution >= 4 is 26.0 Å². The number of halogens is 1. The molecule has 0 saturated heterocycles. The van der Waals surface area contributed by atoms with Gasteiger partial charge in [-0.1, -0.05) is 6.92 Å². The summed E-state index contributed by atoms with van der Waals surface area (Å²) in [6.07, 6.45) is 3.28. The maximum Gasteiger partial charge on any atom is 0.245 e. The first-order chi connectivity index (χ1) is 8.95. The molecule has 2 aliphatic carbocycles. The molecule has 19 heavy (non-hydrogen) atoms. The molecule has 2 fully saturated rings. The molecule has 2 unspecified atom stereocenters. The van der Waals surface area contributed by atoms with Crippen molar-refractivity contribution in [2.75, 3.05) is 0 Å². The number of furan rings is 1. The van der Waals surface area contributed by atoms with Gasteiger partial charge in [-0.3, -0.25) is 0 Å². The van der Waals surface area contributed by atoms with Gasteiger partial charge in [-0.05, 0) is 41.1 Å². The van der Waals surface area contributed by atoms with Gasteiger partial charge in [0.05, 0.1) is 6.54 Å². The third kappa shape index (κ3) is 3.21. The van der Waals surface area contributed by atoms with E-state index in [9.17, 15) is 8.42 Å². The van der Waals surface area contributed by atoms with Crippen LogP contribution in [-0.2, 0) is 16.6 Å². The molecule has 0 spiro atoms. The lowest BCUT2D eigenvalue weighted by atomic mass is 10.4. The maximum atomic E-state index is 12.2. The first-order valence-corrected chi connectivity index (χ1v) is 8.77. The van der Waals surface area contributed by atoms with Gasteiger partial charge in [-0.15, -0.1) is 0 Å². The SMILES string of the molecule is CC1CC1NS(=O)(=O)c1cc(CNC2CC2)oc1Br. The summed E-state index contributed by atoms with van der Waals surface area (Å²) in [5, 5.41) is 3.30. The summed E-state index contributed by atoms with van der Waals surface area (Å²) in [5.74, 6) is 1.07. The van der Waals surface area contributed by atoms with Crippen molar-refractivity contribution in [3.05, 3.63) is 16.5 Å². The molecule has 0 aromatic carbocycles. The van der Waals surface area contributed by atoms with Crippen LogP contribution in [0.15, 0.2) is 20.0 Å². The van der Waals surface area contributed by atoms with E-state index in [1.807, 2.05) is 6.92 Å². The Morgan fingerprint density at radius 3 is 2.74 bits per heavy atom. The van der Waals surface area contributed by atoms with E-state index in [0.717, 1.165) is 6.42 Å². The Labute approximate surface area is 121 Å². The first-order valence-electron chi connectivity index (χ1n) is 6.49. The standard InChI is InChI=1S/C12H17BrN2O3S/c1-7-4-10(7)15-19(16,17)11-5-9(18-12(11)13)6-14-8-2-3-8/h5,7-8,10,14-15H,2-4,6H2,1H3. The van der Waals surface area contributed by atoms with Gasteiger partial charge >= 0.3 is 0 Å². The van der Waals surface area contributed by atoms with Gasteiger partial charge < -0.3 is 9.73 Å². The number of hydrogen-bond acceptors (Lipinski definition) is 4. The van der Waals surface area contributed by atoms with Crippen LogP contribution in [-0.4, -0.2) is 20.5 Å². The Kier molecular flexibility index (Phi) is 3.49. The topological polar surface area (TPSA) is 71.3 Å². The Morgan fingerprint density at radius 1 is 1.47 bits per heavy atom. The molecule has 2 N–H and O–H groups in total. The Balaban J connectivity index is 1.71. The van der Waals surface area contributed by atoms with Crippen molar-refractivity contribution in [2.45, 2.75) is 49.7 Å². The third-order valence-corrected chi connectivity index (χ3v) is 5.90. The lowest BCUT2D eigenvalue weighted by Crippen LogP contribution is -2.26. The van der Waals surface area contributed by atoms with Crippen molar-refractivity contribution in [2.24, 2.45) is 5.92 Å². The van der Waals surface area contributed by atoms with Crippen LogP contribution in [0.3, 0.4) is 0 Å². The van der Waals surface area contributed by atoms with Crippen molar-refractivity contribution in [1.82, 2.24) is 10.0 Å². The van der Waals surface area contributed by atoms with Crippen molar-refractivity contribution in [1.29, 1.82) is 0 Å². The molecule has 3 rings (SSSR count). The number of rotatable bonds is 6. The number of nitrogens with one attached hydrogen (secondary N) is 2. The lowest BCUT2D eigenvalue weighted by Gasteiger charge is -2.02. The molecule has 5 nitrogen and oxygen atoms in total. The van der Waals surface area contributed by atoms with Crippen LogP contribution in [0.25, 0.3) is 0 Å². The van der Waals surface area contributed by atoms with E-state index in [4.69, 9.17) is 4.42 Å². The van der Waals surface area contributed by atoms with Gasteiger partial charge in [0.25, 0.3) is 0 Å². The first kappa shape index (κ1) is 13.6. The highest BCUT2D eigenvalue weighted by atomic mass is 79.9. The molecule has 0 radical (unpaired) electrons. The molecule has 2 aliphatic rings. The van der Waals surface area contributed by atoms with E-state index in [-0.39, 0.29) is 15.6 Å². The van der Waals surface area contributed by atoms with E-state index < -0.39 is 10.0 Å². The summed E-state index contributed by atoms with van der Waals surface area (Å²) in [7, 11) is -3.48. The number of sulfonamides is 1. The summed E-state index contributed by atoms with van der Waals surface area (Å²) < 4.78 is 32.8. The van der Waals surface area contributed by atoms with Gasteiger partial charge in [0, 0.05) is 18.2 Å². The van der Waals surface area contributed by atoms with Gasteiger partial charge in [0.2, 0.25) is 10.0 Å². The quantitative estimate of drug-likeness (QED) is 0.824. The van der Waals surface area contributed by atoms with Crippen LogP contribution in [0, 0.1) is 5.92 Å². The van der Waals surface area contributed by atoms with E-state index >= 15 is 0 Å². The Morgan fingerprint density at radius 2 is 2.16 bits per heavy atom. The van der Waals surface area contributed by atoms with E-state index in [1.54, 1.807) is 6.07 Å². The highest BCUT2D eigenvalue weighted by molar-refractivity contribution is 9.10. The van der Waals surface area contributed by atoms with Crippen molar-refractivity contribution in [3.63, 3.8) is 0 Å². The molecule has 2 saturated carbocycles. The largest absolute Gasteiger partial charge is 0.452 e. The summed E-state index contributed by atoms with van der Waals surface area (Å²) in [6, 6.07) is 2.23. The monoisotopic (exact) mass is 348 g/mol. The average molecular weight is 349 g/mol. The molecule has 2 atom stereocenters. The summed E-state index contributed by atoms with van der Waals surface area (Å²) >= 11 is 3.19. The van der Waals surface area contributed by atoms with E-state index in [2.05, 4.69) is 26.0 Å². The molecule has 0 amide bonds. The fourth-order valence-corrected chi connectivity index (χ4v) is 4.30. The molecular formula is C12H17BrN2O3S. The maximum absolute atomic E-state index is 12.2. The van der Waals surface area contributed by atoms with Gasteiger partial charge in [0.15, 0.2) is 4.67 Å². The molecule has 1 aromatic heterocycles. The Hall–Kier alpha value is -0.370. The molecule has 0 aliphatic heterocycles. The van der Waals surface area contributed by atoms with Gasteiger partial charge in [0.1, 0.15) is 10.7 Å². The fraction of sp³-hybridized carbons (Fsp3) is 0.667. The summed E-state index contributed by atoms with van der Waals surface area (Å²) in [6.45, 7) is 2.60. The number of hydrogen-bond donors (Lipinski definition) is 2. The van der Waals surface area contributed by atoms with Gasteiger partial charge in [-0.2, -0.15) is 0 Å². The Bertz CT molecular complexity index is 580. The second-order valence-corrected chi connectivity index (χ2v) is 7.85. The second kappa shape index (κ2) is 4.87. The smallest absolute Gasteiger partial charge is 0.245 e. The molecule has 1 heterocycles. The molecule has 0 bridgehead atoms. The second-order valence-electron chi connectivity index (χ2n) is 5.45. The highest BCUT2D eigenvalue weighted by Gasteiger charge is 2.37. The summed E-state index contributed by atoms with van der Waals surface area (Å²) in [4.78, 5) is 0.194. The highest BCUT2D eigenvalue weighted by Crippen LogP contribution is 2.33. The minimum Gasteiger partial charge on any atom is -0.452 e. The predicted molar refractivity (Wildman–Crippen MR) is 74.2 cm³/mol. The zero-order valence-electron chi connectivity index (χ0n) is 10.6. The predicted octanol–water partition coefficient (Wildman–Crippen LogP) is 1.98. The normalized spacial score (nSPS) is 26.6. The fourth-order valence-electron chi connectivity index (χ4n) is 1.95. The minimum atomic E-state index is -3.48.